The average Bonchev–Trinajstić information content (AvgIpc) is 2.38. The van der Waals surface area contributed by atoms with E-state index < -0.39 is 10.8 Å². The molecule has 0 aromatic heterocycles. The second-order valence-corrected chi connectivity index (χ2v) is 5.67. The summed E-state index contributed by atoms with van der Waals surface area (Å²) in [4.78, 5) is 12.2. The number of para-hydroxylation sites is 1. The van der Waals surface area contributed by atoms with Crippen LogP contribution in [0.4, 0.5) is 0 Å². The first-order valence-corrected chi connectivity index (χ1v) is 6.59. The SMILES string of the molecule is CCOC(=O)C(C)(C)C(C)(C)c1ccccc1OC. The molecule has 1 rings (SSSR count). The zero-order valence-electron chi connectivity index (χ0n) is 12.7. The fraction of sp³-hybridized carbons (Fsp3) is 0.562. The highest BCUT2D eigenvalue weighted by molar-refractivity contribution is 5.78. The van der Waals surface area contributed by atoms with Crippen LogP contribution in [0.2, 0.25) is 0 Å². The predicted molar refractivity (Wildman–Crippen MR) is 76.4 cm³/mol. The fourth-order valence-electron chi connectivity index (χ4n) is 2.06. The topological polar surface area (TPSA) is 35.5 Å². The number of hydrogen-bond acceptors (Lipinski definition) is 3. The van der Waals surface area contributed by atoms with Gasteiger partial charge in [-0.1, -0.05) is 32.0 Å². The minimum atomic E-state index is -0.641. The van der Waals surface area contributed by atoms with Crippen LogP contribution < -0.4 is 4.74 Å². The highest BCUT2D eigenvalue weighted by Gasteiger charge is 2.46. The molecule has 106 valence electrons. The quantitative estimate of drug-likeness (QED) is 0.763. The summed E-state index contributed by atoms with van der Waals surface area (Å²) >= 11 is 0. The molecule has 0 N–H and O–H groups in total. The normalized spacial score (nSPS) is 12.1. The Labute approximate surface area is 115 Å². The van der Waals surface area contributed by atoms with E-state index >= 15 is 0 Å². The third-order valence-corrected chi connectivity index (χ3v) is 4.13. The number of benzene rings is 1. The largest absolute Gasteiger partial charge is 0.496 e. The predicted octanol–water partition coefficient (Wildman–Crippen LogP) is 3.56. The molecule has 0 atom stereocenters. The second-order valence-electron chi connectivity index (χ2n) is 5.67. The monoisotopic (exact) mass is 264 g/mol. The van der Waals surface area contributed by atoms with Gasteiger partial charge >= 0.3 is 5.97 Å². The molecule has 0 fully saturated rings. The van der Waals surface area contributed by atoms with Crippen LogP contribution in [0.5, 0.6) is 5.75 Å². The van der Waals surface area contributed by atoms with E-state index in [4.69, 9.17) is 9.47 Å². The maximum atomic E-state index is 12.2. The molecule has 0 aliphatic carbocycles. The number of methoxy groups -OCH3 is 1. The highest BCUT2D eigenvalue weighted by atomic mass is 16.5. The highest BCUT2D eigenvalue weighted by Crippen LogP contribution is 2.45. The lowest BCUT2D eigenvalue weighted by atomic mass is 9.64. The van der Waals surface area contributed by atoms with E-state index in [0.29, 0.717) is 6.61 Å². The molecule has 1 aromatic carbocycles. The van der Waals surface area contributed by atoms with E-state index in [-0.39, 0.29) is 5.97 Å². The zero-order valence-corrected chi connectivity index (χ0v) is 12.7. The second kappa shape index (κ2) is 5.64. The average molecular weight is 264 g/mol. The molecular weight excluding hydrogens is 240 g/mol. The van der Waals surface area contributed by atoms with Gasteiger partial charge in [0, 0.05) is 11.0 Å². The van der Waals surface area contributed by atoms with Crippen LogP contribution >= 0.6 is 0 Å². The van der Waals surface area contributed by atoms with Crippen LogP contribution in [0, 0.1) is 5.41 Å². The Hall–Kier alpha value is -1.51. The van der Waals surface area contributed by atoms with Crippen LogP contribution in [-0.2, 0) is 14.9 Å². The summed E-state index contributed by atoms with van der Waals surface area (Å²) in [5.74, 6) is 0.607. The lowest BCUT2D eigenvalue weighted by molar-refractivity contribution is -0.157. The van der Waals surface area contributed by atoms with E-state index in [0.717, 1.165) is 11.3 Å². The Morgan fingerprint density at radius 1 is 1.16 bits per heavy atom. The minimum Gasteiger partial charge on any atom is -0.496 e. The third-order valence-electron chi connectivity index (χ3n) is 4.13. The first-order chi connectivity index (χ1) is 8.79. The molecule has 0 aliphatic heterocycles. The maximum Gasteiger partial charge on any atom is 0.312 e. The van der Waals surface area contributed by atoms with Crippen LogP contribution in [0.1, 0.15) is 40.2 Å². The Morgan fingerprint density at radius 3 is 2.26 bits per heavy atom. The van der Waals surface area contributed by atoms with Gasteiger partial charge in [0.2, 0.25) is 0 Å². The van der Waals surface area contributed by atoms with Gasteiger partial charge in [0.15, 0.2) is 0 Å². The van der Waals surface area contributed by atoms with Gasteiger partial charge in [-0.3, -0.25) is 4.79 Å². The minimum absolute atomic E-state index is 0.189. The van der Waals surface area contributed by atoms with Gasteiger partial charge in [-0.15, -0.1) is 0 Å². The van der Waals surface area contributed by atoms with Crippen molar-refractivity contribution in [2.75, 3.05) is 13.7 Å². The molecule has 0 saturated carbocycles. The van der Waals surface area contributed by atoms with Crippen molar-refractivity contribution >= 4 is 5.97 Å². The van der Waals surface area contributed by atoms with Gasteiger partial charge in [-0.05, 0) is 26.8 Å². The summed E-state index contributed by atoms with van der Waals surface area (Å²) in [5.41, 5.74) is -0.0284. The van der Waals surface area contributed by atoms with E-state index in [2.05, 4.69) is 0 Å². The van der Waals surface area contributed by atoms with Crippen molar-refractivity contribution in [2.24, 2.45) is 5.41 Å². The smallest absolute Gasteiger partial charge is 0.312 e. The molecular formula is C16H24O3. The van der Waals surface area contributed by atoms with Crippen LogP contribution in [0.3, 0.4) is 0 Å². The van der Waals surface area contributed by atoms with Gasteiger partial charge in [0.1, 0.15) is 5.75 Å². The van der Waals surface area contributed by atoms with E-state index in [1.54, 1.807) is 7.11 Å². The third kappa shape index (κ3) is 2.75. The van der Waals surface area contributed by atoms with Gasteiger partial charge in [-0.2, -0.15) is 0 Å². The van der Waals surface area contributed by atoms with E-state index in [1.165, 1.54) is 0 Å². The van der Waals surface area contributed by atoms with Crippen LogP contribution in [-0.4, -0.2) is 19.7 Å². The van der Waals surface area contributed by atoms with Gasteiger partial charge in [-0.25, -0.2) is 0 Å². The Balaban J connectivity index is 3.25. The van der Waals surface area contributed by atoms with Crippen molar-refractivity contribution in [1.29, 1.82) is 0 Å². The van der Waals surface area contributed by atoms with E-state index in [9.17, 15) is 4.79 Å². The number of rotatable bonds is 5. The summed E-state index contributed by atoms with van der Waals surface area (Å²) < 4.78 is 10.6. The lowest BCUT2D eigenvalue weighted by Gasteiger charge is -2.40. The molecule has 0 bridgehead atoms. The van der Waals surface area contributed by atoms with Crippen molar-refractivity contribution in [3.63, 3.8) is 0 Å². The number of esters is 1. The molecule has 19 heavy (non-hydrogen) atoms. The standard InChI is InChI=1S/C16H24O3/c1-7-19-14(17)16(4,5)15(2,3)12-10-8-9-11-13(12)18-6/h8-11H,7H2,1-6H3. The van der Waals surface area contributed by atoms with Gasteiger partial charge in [0.25, 0.3) is 0 Å². The Morgan fingerprint density at radius 2 is 1.74 bits per heavy atom. The van der Waals surface area contributed by atoms with Crippen molar-refractivity contribution in [3.05, 3.63) is 29.8 Å². The summed E-state index contributed by atoms with van der Waals surface area (Å²) in [6.07, 6.45) is 0. The molecule has 0 amide bonds. The van der Waals surface area contributed by atoms with Crippen molar-refractivity contribution < 1.29 is 14.3 Å². The van der Waals surface area contributed by atoms with Gasteiger partial charge in [0.05, 0.1) is 19.1 Å². The fourth-order valence-corrected chi connectivity index (χ4v) is 2.06. The van der Waals surface area contributed by atoms with Crippen molar-refractivity contribution in [2.45, 2.75) is 40.0 Å². The number of hydrogen-bond donors (Lipinski definition) is 0. The maximum absolute atomic E-state index is 12.2. The molecule has 0 saturated heterocycles. The zero-order chi connectivity index (χ0) is 14.7. The molecule has 0 heterocycles. The lowest BCUT2D eigenvalue weighted by Crippen LogP contribution is -2.44. The molecule has 0 unspecified atom stereocenters. The summed E-state index contributed by atoms with van der Waals surface area (Å²) in [5, 5.41) is 0. The molecule has 3 heteroatoms. The van der Waals surface area contributed by atoms with Crippen LogP contribution in [0.15, 0.2) is 24.3 Å². The summed E-state index contributed by atoms with van der Waals surface area (Å²) in [6.45, 7) is 10.1. The number of carbonyl (C=O) groups excluding carboxylic acids is 1. The van der Waals surface area contributed by atoms with E-state index in [1.807, 2.05) is 58.9 Å². The molecule has 1 aromatic rings. The molecule has 0 radical (unpaired) electrons. The Bertz CT molecular complexity index is 447. The summed E-state index contributed by atoms with van der Waals surface area (Å²) in [6, 6.07) is 7.80. The van der Waals surface area contributed by atoms with Crippen molar-refractivity contribution in [3.8, 4) is 5.75 Å². The number of ether oxygens (including phenoxy) is 2. The summed E-state index contributed by atoms with van der Waals surface area (Å²) in [7, 11) is 1.65. The first kappa shape index (κ1) is 15.5. The molecule has 3 nitrogen and oxygen atoms in total. The Kier molecular flexibility index (Phi) is 4.61. The van der Waals surface area contributed by atoms with Crippen molar-refractivity contribution in [1.82, 2.24) is 0 Å². The van der Waals surface area contributed by atoms with Crippen LogP contribution in [0.25, 0.3) is 0 Å². The molecule has 0 spiro atoms. The molecule has 0 aliphatic rings. The van der Waals surface area contributed by atoms with Gasteiger partial charge < -0.3 is 9.47 Å². The first-order valence-electron chi connectivity index (χ1n) is 6.59. The number of carbonyl (C=O) groups is 1.